The van der Waals surface area contributed by atoms with Gasteiger partial charge < -0.3 is 25.3 Å². The Morgan fingerprint density at radius 1 is 1.22 bits per heavy atom. The molecule has 1 fully saturated rings. The second-order valence-corrected chi connectivity index (χ2v) is 9.13. The molecule has 0 bridgehead atoms. The van der Waals surface area contributed by atoms with Gasteiger partial charge in [-0.3, -0.25) is 14.6 Å². The molecular formula is C25H26F2N4O5. The number of aromatic nitrogens is 1. The Hall–Kier alpha value is -3.70. The molecule has 4 N–H and O–H groups in total. The number of rotatable bonds is 8. The first-order chi connectivity index (χ1) is 17.2. The predicted octanol–water partition coefficient (Wildman–Crippen LogP) is 2.73. The molecule has 3 amide bonds. The predicted molar refractivity (Wildman–Crippen MR) is 126 cm³/mol. The van der Waals surface area contributed by atoms with Crippen LogP contribution in [-0.4, -0.2) is 75.3 Å². The molecule has 3 heterocycles. The molecule has 0 radical (unpaired) electrons. The van der Waals surface area contributed by atoms with Gasteiger partial charge in [-0.25, -0.2) is 4.79 Å². The minimum absolute atomic E-state index is 0.00749. The van der Waals surface area contributed by atoms with Crippen LogP contribution in [0.25, 0.3) is 10.9 Å². The number of H-pyrrole nitrogens is 1. The Labute approximate surface area is 205 Å². The number of nitrogens with zero attached hydrogens (tertiary/aromatic N) is 2. The first-order valence-corrected chi connectivity index (χ1v) is 11.6. The number of carbonyl (C=O) groups is 2. The van der Waals surface area contributed by atoms with E-state index in [4.69, 9.17) is 5.11 Å². The zero-order valence-corrected chi connectivity index (χ0v) is 19.5. The zero-order chi connectivity index (χ0) is 25.6. The van der Waals surface area contributed by atoms with E-state index in [-0.39, 0.29) is 37.0 Å². The molecule has 2 aliphatic rings. The lowest BCUT2D eigenvalue weighted by atomic mass is 9.81. The minimum Gasteiger partial charge on any atom is -0.508 e. The molecule has 2 atom stereocenters. The molecule has 0 spiro atoms. The number of fused-ring (bicyclic) bond motifs is 4. The van der Waals surface area contributed by atoms with E-state index >= 15 is 0 Å². The fraction of sp³-hybridized carbons (Fsp3) is 0.360. The highest BCUT2D eigenvalue weighted by atomic mass is 19.3. The van der Waals surface area contributed by atoms with Crippen LogP contribution < -0.4 is 10.1 Å². The summed E-state index contributed by atoms with van der Waals surface area (Å²) in [5.74, 6) is -0.372. The maximum atomic E-state index is 13.7. The van der Waals surface area contributed by atoms with E-state index in [1.165, 1.54) is 28.0 Å². The van der Waals surface area contributed by atoms with E-state index in [2.05, 4.69) is 15.0 Å². The van der Waals surface area contributed by atoms with Gasteiger partial charge >= 0.3 is 12.6 Å². The molecule has 3 aromatic rings. The van der Waals surface area contributed by atoms with Gasteiger partial charge in [0, 0.05) is 42.7 Å². The van der Waals surface area contributed by atoms with E-state index in [1.807, 2.05) is 0 Å². The van der Waals surface area contributed by atoms with Gasteiger partial charge in [0.15, 0.2) is 0 Å². The van der Waals surface area contributed by atoms with Crippen LogP contribution in [0.2, 0.25) is 0 Å². The number of alkyl halides is 2. The maximum absolute atomic E-state index is 13.7. The summed E-state index contributed by atoms with van der Waals surface area (Å²) >= 11 is 0. The molecule has 2 aliphatic heterocycles. The maximum Gasteiger partial charge on any atom is 0.387 e. The van der Waals surface area contributed by atoms with Crippen LogP contribution in [0.4, 0.5) is 13.6 Å². The number of imide groups is 1. The number of aromatic hydroxyl groups is 1. The fourth-order valence-electron chi connectivity index (χ4n) is 5.30. The number of phenolic OH excluding ortho intramolecular Hbond substituents is 1. The van der Waals surface area contributed by atoms with Gasteiger partial charge in [0.2, 0.25) is 0 Å². The third-order valence-electron chi connectivity index (χ3n) is 6.85. The van der Waals surface area contributed by atoms with Crippen molar-refractivity contribution in [1.82, 2.24) is 20.1 Å². The fourth-order valence-corrected chi connectivity index (χ4v) is 5.30. The lowest BCUT2D eigenvalue weighted by Gasteiger charge is -2.42. The number of aliphatic hydroxyl groups excluding tert-OH is 1. The number of hydrogen-bond donors (Lipinski definition) is 4. The molecular weight excluding hydrogens is 474 g/mol. The van der Waals surface area contributed by atoms with E-state index in [9.17, 15) is 23.5 Å². The summed E-state index contributed by atoms with van der Waals surface area (Å²) in [5, 5.41) is 22.8. The normalized spacial score (nSPS) is 21.4. The molecule has 9 nitrogen and oxygen atoms in total. The number of phenols is 1. The molecule has 11 heteroatoms. The van der Waals surface area contributed by atoms with Crippen LogP contribution in [0.3, 0.4) is 0 Å². The molecule has 1 saturated heterocycles. The summed E-state index contributed by atoms with van der Waals surface area (Å²) in [6.07, 6.45) is 0.168. The molecule has 190 valence electrons. The molecule has 2 unspecified atom stereocenters. The summed E-state index contributed by atoms with van der Waals surface area (Å²) in [5.41, 5.74) is 1.37. The quantitative estimate of drug-likeness (QED) is 0.279. The number of aromatic amines is 1. The number of ether oxygens (including phenoxy) is 1. The van der Waals surface area contributed by atoms with Gasteiger partial charge in [-0.1, -0.05) is 12.1 Å². The Morgan fingerprint density at radius 2 is 2.03 bits per heavy atom. The molecule has 36 heavy (non-hydrogen) atoms. The number of amides is 3. The average Bonchev–Trinajstić information content (AvgIpc) is 3.27. The summed E-state index contributed by atoms with van der Waals surface area (Å²) in [6.45, 7) is -0.565. The summed E-state index contributed by atoms with van der Waals surface area (Å²) in [6, 6.07) is 9.85. The molecule has 0 aliphatic carbocycles. The van der Waals surface area contributed by atoms with Crippen molar-refractivity contribution in [3.63, 3.8) is 0 Å². The summed E-state index contributed by atoms with van der Waals surface area (Å²) in [7, 11) is 0. The van der Waals surface area contributed by atoms with Crippen LogP contribution in [0.5, 0.6) is 11.5 Å². The third-order valence-corrected chi connectivity index (χ3v) is 6.85. The molecule has 1 aromatic heterocycles. The van der Waals surface area contributed by atoms with Crippen molar-refractivity contribution in [3.05, 3.63) is 59.3 Å². The van der Waals surface area contributed by atoms with E-state index < -0.39 is 24.2 Å². The standard InChI is InChI=1S/C25H26F2N4O5/c1-25-13-18-17-12-16(36-23(26)27)5-6-19(17)29-20(18)21(14-3-2-4-15(33)11-14)31(25)24(35)30(22(25)34)9-7-28-8-10-32/h2-6,11-12,21,23,28-29,32-33H,7-10,13H2,1H3. The van der Waals surface area contributed by atoms with Crippen molar-refractivity contribution in [2.45, 2.75) is 31.5 Å². The average molecular weight is 501 g/mol. The number of aliphatic hydroxyl groups is 1. The van der Waals surface area contributed by atoms with Crippen molar-refractivity contribution in [2.75, 3.05) is 26.2 Å². The van der Waals surface area contributed by atoms with E-state index in [0.29, 0.717) is 35.2 Å². The first kappa shape index (κ1) is 24.0. The topological polar surface area (TPSA) is 118 Å². The monoisotopic (exact) mass is 500 g/mol. The van der Waals surface area contributed by atoms with Crippen LogP contribution in [-0.2, 0) is 11.2 Å². The van der Waals surface area contributed by atoms with Crippen molar-refractivity contribution >= 4 is 22.8 Å². The highest BCUT2D eigenvalue weighted by Gasteiger charge is 2.60. The molecule has 5 rings (SSSR count). The minimum atomic E-state index is -2.98. The van der Waals surface area contributed by atoms with Crippen LogP contribution in [0.1, 0.15) is 29.8 Å². The summed E-state index contributed by atoms with van der Waals surface area (Å²) < 4.78 is 30.3. The lowest BCUT2D eigenvalue weighted by Crippen LogP contribution is -2.53. The van der Waals surface area contributed by atoms with Gasteiger partial charge in [0.05, 0.1) is 6.61 Å². The van der Waals surface area contributed by atoms with Gasteiger partial charge in [-0.15, -0.1) is 0 Å². The Kier molecular flexibility index (Phi) is 6.05. The number of hydrogen-bond acceptors (Lipinski definition) is 6. The summed E-state index contributed by atoms with van der Waals surface area (Å²) in [4.78, 5) is 33.4. The van der Waals surface area contributed by atoms with Crippen LogP contribution in [0.15, 0.2) is 42.5 Å². The number of benzene rings is 2. The number of nitrogens with one attached hydrogen (secondary N) is 2. The first-order valence-electron chi connectivity index (χ1n) is 11.6. The van der Waals surface area contributed by atoms with Gasteiger partial charge in [0.1, 0.15) is 23.1 Å². The Bertz CT molecular complexity index is 1330. The number of halogens is 2. The molecule has 2 aromatic carbocycles. The van der Waals surface area contributed by atoms with E-state index in [1.54, 1.807) is 31.2 Å². The largest absolute Gasteiger partial charge is 0.508 e. The second-order valence-electron chi connectivity index (χ2n) is 9.13. The van der Waals surface area contributed by atoms with Crippen LogP contribution in [0, 0.1) is 0 Å². The highest BCUT2D eigenvalue weighted by molar-refractivity contribution is 6.08. The third kappa shape index (κ3) is 3.84. The Morgan fingerprint density at radius 3 is 2.75 bits per heavy atom. The number of urea groups is 1. The van der Waals surface area contributed by atoms with Crippen molar-refractivity contribution < 1.29 is 33.3 Å². The van der Waals surface area contributed by atoms with Crippen molar-refractivity contribution in [2.24, 2.45) is 0 Å². The van der Waals surface area contributed by atoms with Gasteiger partial charge in [0.25, 0.3) is 5.91 Å². The lowest BCUT2D eigenvalue weighted by molar-refractivity contribution is -0.133. The smallest absolute Gasteiger partial charge is 0.387 e. The van der Waals surface area contributed by atoms with Gasteiger partial charge in [-0.05, 0) is 48.4 Å². The van der Waals surface area contributed by atoms with Crippen molar-refractivity contribution in [1.29, 1.82) is 0 Å². The molecule has 0 saturated carbocycles. The Balaban J connectivity index is 1.64. The van der Waals surface area contributed by atoms with Crippen LogP contribution >= 0.6 is 0 Å². The SMILES string of the molecule is CC12Cc3c([nH]c4ccc(OC(F)F)cc34)C(c3cccc(O)c3)N1C(=O)N(CCNCCO)C2=O. The van der Waals surface area contributed by atoms with E-state index in [0.717, 1.165) is 5.56 Å². The highest BCUT2D eigenvalue weighted by Crippen LogP contribution is 2.49. The van der Waals surface area contributed by atoms with Gasteiger partial charge in [-0.2, -0.15) is 8.78 Å². The van der Waals surface area contributed by atoms with Crippen molar-refractivity contribution in [3.8, 4) is 11.5 Å². The zero-order valence-electron chi connectivity index (χ0n) is 19.5. The number of carbonyl (C=O) groups excluding carboxylic acids is 2. The second kappa shape index (κ2) is 9.07.